The molecule has 25 heavy (non-hydrogen) atoms. The van der Waals surface area contributed by atoms with Crippen LogP contribution in [0.4, 0.5) is 0 Å². The van der Waals surface area contributed by atoms with E-state index in [0.29, 0.717) is 17.1 Å². The van der Waals surface area contributed by atoms with Gasteiger partial charge in [-0.25, -0.2) is 0 Å². The van der Waals surface area contributed by atoms with E-state index in [1.807, 2.05) is 27.9 Å². The molecule has 2 rings (SSSR count). The lowest BCUT2D eigenvalue weighted by molar-refractivity contribution is 0.0941. The number of nitrogens with zero attached hydrogens (tertiary/aromatic N) is 1. The fraction of sp³-hybridized carbons (Fsp3) is 0.350. The third-order valence-electron chi connectivity index (χ3n) is 4.44. The van der Waals surface area contributed by atoms with Gasteiger partial charge in [0.15, 0.2) is 0 Å². The van der Waals surface area contributed by atoms with E-state index in [1.165, 1.54) is 5.56 Å². The van der Waals surface area contributed by atoms with Crippen LogP contribution in [0.3, 0.4) is 0 Å². The van der Waals surface area contributed by atoms with Gasteiger partial charge in [-0.15, -0.1) is 0 Å². The second-order valence-corrected chi connectivity index (χ2v) is 7.04. The molecule has 1 amide bonds. The SMILES string of the molecule is Cc1cc(O)cc(C)c1C[C@@H](CNC(=O)c1cccc(Cl)c1)N(C)C. The van der Waals surface area contributed by atoms with Crippen molar-refractivity contribution in [3.8, 4) is 5.75 Å². The number of carbonyl (C=O) groups is 1. The van der Waals surface area contributed by atoms with Crippen LogP contribution in [0.2, 0.25) is 5.02 Å². The average molecular weight is 361 g/mol. The molecule has 2 N–H and O–H groups in total. The molecule has 2 aromatic rings. The van der Waals surface area contributed by atoms with Gasteiger partial charge >= 0.3 is 0 Å². The Morgan fingerprint density at radius 3 is 2.40 bits per heavy atom. The molecule has 0 unspecified atom stereocenters. The zero-order valence-electron chi connectivity index (χ0n) is 15.1. The summed E-state index contributed by atoms with van der Waals surface area (Å²) >= 11 is 5.95. The first-order chi connectivity index (χ1) is 11.8. The number of rotatable bonds is 6. The van der Waals surface area contributed by atoms with Crippen molar-refractivity contribution in [1.29, 1.82) is 0 Å². The smallest absolute Gasteiger partial charge is 0.251 e. The Kier molecular flexibility index (Phi) is 6.45. The number of nitrogens with one attached hydrogen (secondary N) is 1. The number of phenolic OH excluding ortho intramolecular Hbond substituents is 1. The molecule has 0 heterocycles. The lowest BCUT2D eigenvalue weighted by Crippen LogP contribution is -2.41. The minimum atomic E-state index is -0.131. The molecule has 5 heteroatoms. The molecule has 2 aromatic carbocycles. The molecule has 0 spiro atoms. The van der Waals surface area contributed by atoms with Crippen LogP contribution in [0.25, 0.3) is 0 Å². The zero-order valence-corrected chi connectivity index (χ0v) is 15.9. The molecule has 0 radical (unpaired) electrons. The van der Waals surface area contributed by atoms with Crippen LogP contribution in [0.5, 0.6) is 5.75 Å². The van der Waals surface area contributed by atoms with Gasteiger partial charge in [-0.3, -0.25) is 4.79 Å². The van der Waals surface area contributed by atoms with Crippen molar-refractivity contribution in [3.05, 3.63) is 63.7 Å². The summed E-state index contributed by atoms with van der Waals surface area (Å²) in [6, 6.07) is 10.6. The number of aromatic hydroxyl groups is 1. The summed E-state index contributed by atoms with van der Waals surface area (Å²) in [4.78, 5) is 14.4. The molecule has 0 saturated carbocycles. The highest BCUT2D eigenvalue weighted by molar-refractivity contribution is 6.30. The maximum absolute atomic E-state index is 12.3. The van der Waals surface area contributed by atoms with Crippen molar-refractivity contribution in [1.82, 2.24) is 10.2 Å². The van der Waals surface area contributed by atoms with Crippen LogP contribution >= 0.6 is 11.6 Å². The maximum atomic E-state index is 12.3. The van der Waals surface area contributed by atoms with Gasteiger partial charge in [0, 0.05) is 23.2 Å². The van der Waals surface area contributed by atoms with Crippen molar-refractivity contribution < 1.29 is 9.90 Å². The Bertz CT molecular complexity index is 736. The first-order valence-corrected chi connectivity index (χ1v) is 8.65. The number of halogens is 1. The molecule has 4 nitrogen and oxygen atoms in total. The molecular formula is C20H25ClN2O2. The Morgan fingerprint density at radius 1 is 1.20 bits per heavy atom. The number of hydrogen-bond donors (Lipinski definition) is 2. The quantitative estimate of drug-likeness (QED) is 0.828. The number of benzene rings is 2. The molecule has 0 aliphatic carbocycles. The van der Waals surface area contributed by atoms with Crippen molar-refractivity contribution >= 4 is 17.5 Å². The summed E-state index contributed by atoms with van der Waals surface area (Å²) < 4.78 is 0. The molecule has 0 fully saturated rings. The van der Waals surface area contributed by atoms with Crippen molar-refractivity contribution in [2.75, 3.05) is 20.6 Å². The van der Waals surface area contributed by atoms with E-state index in [-0.39, 0.29) is 17.7 Å². The number of hydrogen-bond acceptors (Lipinski definition) is 3. The fourth-order valence-electron chi connectivity index (χ4n) is 2.91. The summed E-state index contributed by atoms with van der Waals surface area (Å²) in [7, 11) is 4.00. The number of aryl methyl sites for hydroxylation is 2. The summed E-state index contributed by atoms with van der Waals surface area (Å²) in [5, 5.41) is 13.2. The van der Waals surface area contributed by atoms with Crippen molar-refractivity contribution in [3.63, 3.8) is 0 Å². The van der Waals surface area contributed by atoms with Crippen LogP contribution in [0, 0.1) is 13.8 Å². The number of carbonyl (C=O) groups excluding carboxylic acids is 1. The summed E-state index contributed by atoms with van der Waals surface area (Å²) in [5.74, 6) is 0.155. The highest BCUT2D eigenvalue weighted by atomic mass is 35.5. The van der Waals surface area contributed by atoms with E-state index in [9.17, 15) is 9.90 Å². The van der Waals surface area contributed by atoms with Gasteiger partial charge in [0.05, 0.1) is 0 Å². The number of amides is 1. The molecule has 134 valence electrons. The second kappa shape index (κ2) is 8.37. The van der Waals surface area contributed by atoms with Crippen molar-refractivity contribution in [2.24, 2.45) is 0 Å². The van der Waals surface area contributed by atoms with Gasteiger partial charge in [0.2, 0.25) is 0 Å². The molecule has 0 aliphatic heterocycles. The van der Waals surface area contributed by atoms with Crippen LogP contribution in [-0.2, 0) is 6.42 Å². The Balaban J connectivity index is 2.08. The fourth-order valence-corrected chi connectivity index (χ4v) is 3.10. The summed E-state index contributed by atoms with van der Waals surface area (Å²) in [5.41, 5.74) is 3.88. The Labute approximate surface area is 154 Å². The molecule has 0 saturated heterocycles. The molecular weight excluding hydrogens is 336 g/mol. The summed E-state index contributed by atoms with van der Waals surface area (Å²) in [6.45, 7) is 4.52. The van der Waals surface area contributed by atoms with Gasteiger partial charge in [0.25, 0.3) is 5.91 Å². The lowest BCUT2D eigenvalue weighted by Gasteiger charge is -2.26. The van der Waals surface area contributed by atoms with E-state index in [0.717, 1.165) is 17.5 Å². The Hall–Kier alpha value is -2.04. The van der Waals surface area contributed by atoms with Crippen molar-refractivity contribution in [2.45, 2.75) is 26.3 Å². The predicted octanol–water partition coefficient (Wildman–Crippen LogP) is 3.57. The normalized spacial score (nSPS) is 12.2. The zero-order chi connectivity index (χ0) is 18.6. The van der Waals surface area contributed by atoms with Gasteiger partial charge in [0.1, 0.15) is 5.75 Å². The topological polar surface area (TPSA) is 52.6 Å². The monoisotopic (exact) mass is 360 g/mol. The number of likely N-dealkylation sites (N-methyl/N-ethyl adjacent to an activating group) is 1. The first kappa shape index (κ1) is 19.3. The molecule has 1 atom stereocenters. The summed E-state index contributed by atoms with van der Waals surface area (Å²) in [6.07, 6.45) is 0.792. The first-order valence-electron chi connectivity index (χ1n) is 8.27. The van der Waals surface area contributed by atoms with E-state index in [1.54, 1.807) is 36.4 Å². The molecule has 0 aromatic heterocycles. The van der Waals surface area contributed by atoms with Crippen LogP contribution in [0.1, 0.15) is 27.0 Å². The van der Waals surface area contributed by atoms with E-state index in [2.05, 4.69) is 10.2 Å². The van der Waals surface area contributed by atoms with Crippen LogP contribution < -0.4 is 5.32 Å². The van der Waals surface area contributed by atoms with Crippen LogP contribution in [-0.4, -0.2) is 42.6 Å². The van der Waals surface area contributed by atoms with E-state index >= 15 is 0 Å². The molecule has 0 bridgehead atoms. The minimum Gasteiger partial charge on any atom is -0.508 e. The highest BCUT2D eigenvalue weighted by Crippen LogP contribution is 2.22. The molecule has 0 aliphatic rings. The standard InChI is InChI=1S/C20H25ClN2O2/c1-13-8-18(24)9-14(2)19(13)11-17(23(3)4)12-22-20(25)15-6-5-7-16(21)10-15/h5-10,17,24H,11-12H2,1-4H3,(H,22,25)/t17-/m0/s1. The third-order valence-corrected chi connectivity index (χ3v) is 4.67. The minimum absolute atomic E-state index is 0.131. The largest absolute Gasteiger partial charge is 0.508 e. The Morgan fingerprint density at radius 2 is 1.84 bits per heavy atom. The van der Waals surface area contributed by atoms with E-state index in [4.69, 9.17) is 11.6 Å². The lowest BCUT2D eigenvalue weighted by atomic mass is 9.95. The van der Waals surface area contributed by atoms with E-state index < -0.39 is 0 Å². The average Bonchev–Trinajstić information content (AvgIpc) is 2.52. The third kappa shape index (κ3) is 5.21. The van der Waals surface area contributed by atoms with Gasteiger partial charge in [-0.05, 0) is 81.4 Å². The highest BCUT2D eigenvalue weighted by Gasteiger charge is 2.17. The van der Waals surface area contributed by atoms with Gasteiger partial charge in [-0.2, -0.15) is 0 Å². The predicted molar refractivity (Wildman–Crippen MR) is 103 cm³/mol. The maximum Gasteiger partial charge on any atom is 0.251 e. The van der Waals surface area contributed by atoms with Crippen LogP contribution in [0.15, 0.2) is 36.4 Å². The second-order valence-electron chi connectivity index (χ2n) is 6.60. The van der Waals surface area contributed by atoms with Gasteiger partial charge in [-0.1, -0.05) is 17.7 Å². The van der Waals surface area contributed by atoms with Gasteiger partial charge < -0.3 is 15.3 Å². The number of phenols is 1.